The molecule has 0 radical (unpaired) electrons. The fraction of sp³-hybridized carbons (Fsp3) is 0. The van der Waals surface area contributed by atoms with E-state index in [9.17, 15) is 0 Å². The normalized spacial score (nSPS) is 7.00. The molecule has 1 aromatic carbocycles. The maximum Gasteiger partial charge on any atom is 0.115 e. The third-order valence-electron chi connectivity index (χ3n) is 1.13. The van der Waals surface area contributed by atoms with Gasteiger partial charge in [-0.3, -0.25) is 0 Å². The van der Waals surface area contributed by atoms with Crippen molar-refractivity contribution in [2.24, 2.45) is 0 Å². The molecule has 12 heavy (non-hydrogen) atoms. The Hall–Kier alpha value is -0.648. The molecule has 2 nitrogen and oxygen atoms in total. The first-order chi connectivity index (χ1) is 5.33. The van der Waals surface area contributed by atoms with Crippen LogP contribution in [-0.4, -0.2) is 11.8 Å². The van der Waals surface area contributed by atoms with Gasteiger partial charge >= 0.3 is 0 Å². The second-order valence-corrected chi connectivity index (χ2v) is 1.80. The molecule has 0 amide bonds. The second kappa shape index (κ2) is 8.45. The van der Waals surface area contributed by atoms with Crippen molar-refractivity contribution in [1.82, 2.24) is 0 Å². The zero-order chi connectivity index (χ0) is 8.69. The molecule has 0 spiro atoms. The summed E-state index contributed by atoms with van der Waals surface area (Å²) in [6.45, 7) is 6.08. The topological polar surface area (TPSA) is 44.1 Å². The molecule has 0 heterocycles. The number of benzene rings is 1. The van der Waals surface area contributed by atoms with Crippen molar-refractivity contribution in [1.29, 1.82) is 5.41 Å². The van der Waals surface area contributed by atoms with Crippen molar-refractivity contribution in [3.05, 3.63) is 36.4 Å². The minimum atomic E-state index is 0. The first kappa shape index (κ1) is 13.9. The number of rotatable bonds is 1. The van der Waals surface area contributed by atoms with Crippen molar-refractivity contribution in [2.75, 3.05) is 0 Å². The molecule has 0 aliphatic carbocycles. The van der Waals surface area contributed by atoms with Crippen LogP contribution in [-0.2, 0) is 27.3 Å². The van der Waals surface area contributed by atoms with Gasteiger partial charge in [-0.1, -0.05) is 24.8 Å². The van der Waals surface area contributed by atoms with Crippen molar-refractivity contribution in [3.63, 3.8) is 0 Å². The van der Waals surface area contributed by atoms with E-state index in [4.69, 9.17) is 10.5 Å². The van der Waals surface area contributed by atoms with Crippen molar-refractivity contribution in [3.8, 4) is 5.75 Å². The molecule has 60 valence electrons. The van der Waals surface area contributed by atoms with Gasteiger partial charge in [-0.05, 0) is 24.4 Å². The predicted octanol–water partition coefficient (Wildman–Crippen LogP) is 2.30. The van der Waals surface area contributed by atoms with E-state index in [0.29, 0.717) is 5.75 Å². The van der Waals surface area contributed by atoms with E-state index in [1.165, 1.54) is 0 Å². The Morgan fingerprint density at radius 1 is 1.17 bits per heavy atom. The fourth-order valence-corrected chi connectivity index (χ4v) is 0.610. The summed E-state index contributed by atoms with van der Waals surface area (Å²) in [5.41, 5.74) is 1.02. The van der Waals surface area contributed by atoms with Gasteiger partial charge in [-0.2, -0.15) is 0 Å². The van der Waals surface area contributed by atoms with E-state index in [-0.39, 0.29) is 27.3 Å². The average Bonchev–Trinajstić information content (AvgIpc) is 2.10. The molecule has 0 bridgehead atoms. The number of hydrogen-bond acceptors (Lipinski definition) is 2. The molecule has 3 heteroatoms. The van der Waals surface area contributed by atoms with E-state index in [1.54, 1.807) is 18.2 Å². The third-order valence-corrected chi connectivity index (χ3v) is 1.13. The summed E-state index contributed by atoms with van der Waals surface area (Å²) >= 11 is 0. The van der Waals surface area contributed by atoms with Crippen LogP contribution in [0.1, 0.15) is 5.56 Å². The van der Waals surface area contributed by atoms with Gasteiger partial charge in [0.15, 0.2) is 0 Å². The Balaban J connectivity index is 0. The Morgan fingerprint density at radius 3 is 1.92 bits per heavy atom. The van der Waals surface area contributed by atoms with Crippen LogP contribution >= 0.6 is 0 Å². The fourth-order valence-electron chi connectivity index (χ4n) is 0.610. The number of hydrogen-bond donors (Lipinski definition) is 2. The van der Waals surface area contributed by atoms with Crippen LogP contribution in [0.5, 0.6) is 5.75 Å². The Morgan fingerprint density at radius 2 is 1.58 bits per heavy atom. The monoisotopic (exact) mass is 263 g/mol. The Kier molecular flexibility index (Phi) is 9.79. The maximum absolute atomic E-state index is 8.82. The standard InChI is InChI=1S/C8H8O.CH3N.Cd/c1-2-7-3-5-8(9)6-4-7;1-2;/h2-6,9H,1H2;2H,1H2;. The van der Waals surface area contributed by atoms with Crippen molar-refractivity contribution >= 4 is 12.8 Å². The van der Waals surface area contributed by atoms with E-state index in [0.717, 1.165) is 5.56 Å². The van der Waals surface area contributed by atoms with E-state index >= 15 is 0 Å². The minimum Gasteiger partial charge on any atom is -0.508 e. The zero-order valence-electron chi connectivity index (χ0n) is 6.96. The zero-order valence-corrected chi connectivity index (χ0v) is 11.0. The first-order valence-corrected chi connectivity index (χ1v) is 3.10. The van der Waals surface area contributed by atoms with Crippen LogP contribution in [0, 0.1) is 5.41 Å². The van der Waals surface area contributed by atoms with Gasteiger partial charge < -0.3 is 10.5 Å². The van der Waals surface area contributed by atoms with Crippen LogP contribution in [0.25, 0.3) is 6.08 Å². The second-order valence-electron chi connectivity index (χ2n) is 1.80. The number of nitrogens with one attached hydrogen (secondary N) is 1. The largest absolute Gasteiger partial charge is 0.508 e. The number of phenolic OH excluding ortho intramolecular Hbond substituents is 1. The van der Waals surface area contributed by atoms with E-state index in [1.807, 2.05) is 12.1 Å². The van der Waals surface area contributed by atoms with Gasteiger partial charge in [-0.15, -0.1) is 0 Å². The summed E-state index contributed by atoms with van der Waals surface area (Å²) in [7, 11) is 0. The average molecular weight is 262 g/mol. The molecule has 0 atom stereocenters. The van der Waals surface area contributed by atoms with Gasteiger partial charge in [0, 0.05) is 27.3 Å². The molecule has 0 aromatic heterocycles. The van der Waals surface area contributed by atoms with Crippen molar-refractivity contribution in [2.45, 2.75) is 0 Å². The molecule has 0 fully saturated rings. The molecule has 1 aromatic rings. The molecule has 1 rings (SSSR count). The quantitative estimate of drug-likeness (QED) is 0.591. The molecule has 0 unspecified atom stereocenters. The maximum atomic E-state index is 8.82. The van der Waals surface area contributed by atoms with Crippen LogP contribution in [0.3, 0.4) is 0 Å². The van der Waals surface area contributed by atoms with Crippen molar-refractivity contribution < 1.29 is 32.4 Å². The summed E-state index contributed by atoms with van der Waals surface area (Å²) in [6.07, 6.45) is 1.74. The van der Waals surface area contributed by atoms with E-state index in [2.05, 4.69) is 13.3 Å². The van der Waals surface area contributed by atoms with Gasteiger partial charge in [0.1, 0.15) is 5.75 Å². The number of phenols is 1. The molecular weight excluding hydrogens is 251 g/mol. The van der Waals surface area contributed by atoms with Gasteiger partial charge in [0.2, 0.25) is 0 Å². The van der Waals surface area contributed by atoms with Crippen LogP contribution < -0.4 is 0 Å². The molecule has 2 N–H and O–H groups in total. The summed E-state index contributed by atoms with van der Waals surface area (Å²) < 4.78 is 0. The smallest absolute Gasteiger partial charge is 0.115 e. The number of aromatic hydroxyl groups is 1. The van der Waals surface area contributed by atoms with Crippen LogP contribution in [0.2, 0.25) is 0 Å². The minimum absolute atomic E-state index is 0. The van der Waals surface area contributed by atoms with Gasteiger partial charge in [0.25, 0.3) is 0 Å². The summed E-state index contributed by atoms with van der Waals surface area (Å²) in [5, 5.41) is 14.3. The molecule has 0 aliphatic rings. The molecule has 0 saturated heterocycles. The molecule has 0 aliphatic heterocycles. The van der Waals surface area contributed by atoms with Crippen LogP contribution in [0.4, 0.5) is 0 Å². The summed E-state index contributed by atoms with van der Waals surface area (Å²) in [4.78, 5) is 0. The molecule has 0 saturated carbocycles. The molecular formula is C9H11CdNO. The predicted molar refractivity (Wildman–Crippen MR) is 48.0 cm³/mol. The van der Waals surface area contributed by atoms with Gasteiger partial charge in [-0.25, -0.2) is 0 Å². The summed E-state index contributed by atoms with van der Waals surface area (Å²) in [6, 6.07) is 6.89. The van der Waals surface area contributed by atoms with Gasteiger partial charge in [0.05, 0.1) is 0 Å². The Bertz CT molecular complexity index is 220. The third kappa shape index (κ3) is 5.06. The SMILES string of the molecule is C=Cc1ccc(O)cc1.C=N.[Cd]. The Labute approximate surface area is 92.6 Å². The first-order valence-electron chi connectivity index (χ1n) is 3.10. The van der Waals surface area contributed by atoms with Crippen LogP contribution in [0.15, 0.2) is 30.8 Å². The van der Waals surface area contributed by atoms with E-state index < -0.39 is 0 Å². The summed E-state index contributed by atoms with van der Waals surface area (Å²) in [5.74, 6) is 0.292.